The molecule has 0 aliphatic rings. The van der Waals surface area contributed by atoms with Gasteiger partial charge in [0.15, 0.2) is 0 Å². The lowest BCUT2D eigenvalue weighted by atomic mass is 9.97. The zero-order valence-electron chi connectivity index (χ0n) is 15.7. The maximum atomic E-state index is 12.7. The lowest BCUT2D eigenvalue weighted by Gasteiger charge is -2.23. The van der Waals surface area contributed by atoms with Gasteiger partial charge in [-0.25, -0.2) is 4.98 Å². The van der Waals surface area contributed by atoms with Crippen LogP contribution in [0, 0.1) is 5.92 Å². The van der Waals surface area contributed by atoms with Gasteiger partial charge in [0, 0.05) is 28.9 Å². The largest absolute Gasteiger partial charge is 0.481 e. The summed E-state index contributed by atoms with van der Waals surface area (Å²) in [6.07, 6.45) is 2.37. The molecule has 2 unspecified atom stereocenters. The highest BCUT2D eigenvalue weighted by molar-refractivity contribution is 6.30. The number of hydrogen-bond donors (Lipinski definition) is 2. The molecule has 0 saturated heterocycles. The molecule has 0 aliphatic carbocycles. The Kier molecular flexibility index (Phi) is 7.61. The summed E-state index contributed by atoms with van der Waals surface area (Å²) in [5.41, 5.74) is 1.22. The van der Waals surface area contributed by atoms with E-state index < -0.39 is 6.04 Å². The van der Waals surface area contributed by atoms with Crippen LogP contribution in [0.15, 0.2) is 42.6 Å². The third kappa shape index (κ3) is 5.69. The van der Waals surface area contributed by atoms with Crippen LogP contribution in [0.3, 0.4) is 0 Å². The van der Waals surface area contributed by atoms with E-state index in [-0.39, 0.29) is 24.3 Å². The van der Waals surface area contributed by atoms with Crippen molar-refractivity contribution in [3.05, 3.63) is 58.7 Å². The van der Waals surface area contributed by atoms with Gasteiger partial charge in [-0.1, -0.05) is 37.9 Å². The van der Waals surface area contributed by atoms with Crippen LogP contribution in [0.4, 0.5) is 0 Å². The topological polar surface area (TPSA) is 80.3 Å². The number of pyridine rings is 1. The van der Waals surface area contributed by atoms with Gasteiger partial charge in [0.2, 0.25) is 11.8 Å². The average Bonchev–Trinajstić information content (AvgIpc) is 2.70. The Balaban J connectivity index is 2.07. The predicted molar refractivity (Wildman–Crippen MR) is 105 cm³/mol. The van der Waals surface area contributed by atoms with Crippen molar-refractivity contribution in [2.45, 2.75) is 32.9 Å². The first-order valence-electron chi connectivity index (χ1n) is 8.78. The smallest absolute Gasteiger partial charge is 0.251 e. The highest BCUT2D eigenvalue weighted by Crippen LogP contribution is 2.15. The van der Waals surface area contributed by atoms with Crippen LogP contribution in [0.25, 0.3) is 0 Å². The molecule has 1 aromatic heterocycles. The Hall–Kier alpha value is -2.60. The van der Waals surface area contributed by atoms with Crippen molar-refractivity contribution in [1.29, 1.82) is 0 Å². The molecule has 1 aromatic carbocycles. The lowest BCUT2D eigenvalue weighted by molar-refractivity contribution is -0.124. The number of nitrogens with zero attached hydrogens (tertiary/aromatic N) is 1. The molecule has 1 heterocycles. The molecule has 2 rings (SSSR count). The normalized spacial score (nSPS) is 12.7. The molecule has 0 radical (unpaired) electrons. The first kappa shape index (κ1) is 20.7. The van der Waals surface area contributed by atoms with Crippen molar-refractivity contribution in [1.82, 2.24) is 15.6 Å². The summed E-state index contributed by atoms with van der Waals surface area (Å²) in [6, 6.07) is 9.50. The number of benzene rings is 1. The molecular formula is C20H24ClN3O3. The third-order valence-corrected chi connectivity index (χ3v) is 4.64. The maximum Gasteiger partial charge on any atom is 0.251 e. The van der Waals surface area contributed by atoms with Gasteiger partial charge >= 0.3 is 0 Å². The van der Waals surface area contributed by atoms with E-state index in [2.05, 4.69) is 15.6 Å². The van der Waals surface area contributed by atoms with Crippen molar-refractivity contribution in [2.24, 2.45) is 5.92 Å². The molecule has 27 heavy (non-hydrogen) atoms. The standard InChI is InChI=1S/C20H24ClN3O3/c1-4-13(2)17(24-18(25)14-7-9-16(21)10-8-14)19(26)23-12-15-6-5-11-22-20(15)27-3/h5-11,13,17H,4,12H2,1-3H3,(H,23,26)(H,24,25). The van der Waals surface area contributed by atoms with Crippen LogP contribution in [0.2, 0.25) is 5.02 Å². The third-order valence-electron chi connectivity index (χ3n) is 4.38. The molecule has 6 nitrogen and oxygen atoms in total. The van der Waals surface area contributed by atoms with E-state index in [4.69, 9.17) is 16.3 Å². The molecule has 2 N–H and O–H groups in total. The average molecular weight is 390 g/mol. The zero-order chi connectivity index (χ0) is 19.8. The molecule has 0 aliphatic heterocycles. The Morgan fingerprint density at radius 1 is 1.22 bits per heavy atom. The number of carbonyl (C=O) groups is 2. The van der Waals surface area contributed by atoms with Crippen molar-refractivity contribution in [2.75, 3.05) is 7.11 Å². The second kappa shape index (κ2) is 9.92. The van der Waals surface area contributed by atoms with Gasteiger partial charge in [-0.2, -0.15) is 0 Å². The van der Waals surface area contributed by atoms with E-state index >= 15 is 0 Å². The molecule has 0 spiro atoms. The molecule has 2 amide bonds. The fraction of sp³-hybridized carbons (Fsp3) is 0.350. The molecule has 2 aromatic rings. The van der Waals surface area contributed by atoms with Crippen LogP contribution in [0.5, 0.6) is 5.88 Å². The van der Waals surface area contributed by atoms with E-state index in [9.17, 15) is 9.59 Å². The minimum atomic E-state index is -0.652. The van der Waals surface area contributed by atoms with Gasteiger partial charge in [-0.3, -0.25) is 9.59 Å². The minimum Gasteiger partial charge on any atom is -0.481 e. The van der Waals surface area contributed by atoms with Gasteiger partial charge < -0.3 is 15.4 Å². The van der Waals surface area contributed by atoms with Gasteiger partial charge in [-0.05, 0) is 36.2 Å². The first-order valence-corrected chi connectivity index (χ1v) is 9.16. The minimum absolute atomic E-state index is 0.0305. The number of rotatable bonds is 8. The van der Waals surface area contributed by atoms with Crippen LogP contribution in [-0.4, -0.2) is 29.9 Å². The number of amides is 2. The number of halogens is 1. The van der Waals surface area contributed by atoms with Crippen LogP contribution in [0.1, 0.15) is 36.2 Å². The number of carbonyl (C=O) groups excluding carboxylic acids is 2. The Morgan fingerprint density at radius 2 is 1.93 bits per heavy atom. The summed E-state index contributed by atoms with van der Waals surface area (Å²) in [5, 5.41) is 6.24. The number of methoxy groups -OCH3 is 1. The fourth-order valence-corrected chi connectivity index (χ4v) is 2.69. The molecule has 0 saturated carbocycles. The van der Waals surface area contributed by atoms with Gasteiger partial charge in [0.25, 0.3) is 5.91 Å². The summed E-state index contributed by atoms with van der Waals surface area (Å²) in [5.74, 6) is -0.135. The number of nitrogens with one attached hydrogen (secondary N) is 2. The summed E-state index contributed by atoms with van der Waals surface area (Å²) >= 11 is 5.86. The second-order valence-electron chi connectivity index (χ2n) is 6.23. The molecule has 0 fully saturated rings. The fourth-order valence-electron chi connectivity index (χ4n) is 2.56. The van der Waals surface area contributed by atoms with Crippen molar-refractivity contribution < 1.29 is 14.3 Å². The second-order valence-corrected chi connectivity index (χ2v) is 6.67. The van der Waals surface area contributed by atoms with Gasteiger partial charge in [-0.15, -0.1) is 0 Å². The summed E-state index contributed by atoms with van der Waals surface area (Å²) in [6.45, 7) is 4.17. The SMILES string of the molecule is CCC(C)C(NC(=O)c1ccc(Cl)cc1)C(=O)NCc1cccnc1OC. The molecule has 7 heteroatoms. The highest BCUT2D eigenvalue weighted by Gasteiger charge is 2.26. The number of ether oxygens (including phenoxy) is 1. The highest BCUT2D eigenvalue weighted by atomic mass is 35.5. The van der Waals surface area contributed by atoms with Crippen LogP contribution in [-0.2, 0) is 11.3 Å². The van der Waals surface area contributed by atoms with E-state index in [1.54, 1.807) is 36.5 Å². The van der Waals surface area contributed by atoms with Crippen molar-refractivity contribution >= 4 is 23.4 Å². The summed E-state index contributed by atoms with van der Waals surface area (Å²) in [4.78, 5) is 29.3. The monoisotopic (exact) mass is 389 g/mol. The first-order chi connectivity index (χ1) is 13.0. The van der Waals surface area contributed by atoms with Crippen molar-refractivity contribution in [3.63, 3.8) is 0 Å². The molecule has 0 bridgehead atoms. The number of hydrogen-bond acceptors (Lipinski definition) is 4. The zero-order valence-corrected chi connectivity index (χ0v) is 16.4. The van der Waals surface area contributed by atoms with Gasteiger partial charge in [0.05, 0.1) is 7.11 Å². The lowest BCUT2D eigenvalue weighted by Crippen LogP contribution is -2.50. The Morgan fingerprint density at radius 3 is 2.56 bits per heavy atom. The quantitative estimate of drug-likeness (QED) is 0.726. The van der Waals surface area contributed by atoms with E-state index in [1.165, 1.54) is 7.11 Å². The number of aromatic nitrogens is 1. The predicted octanol–water partition coefficient (Wildman–Crippen LogP) is 3.20. The molecule has 2 atom stereocenters. The van der Waals surface area contributed by atoms with Crippen LogP contribution >= 0.6 is 11.6 Å². The van der Waals surface area contributed by atoms with E-state index in [1.807, 2.05) is 19.9 Å². The van der Waals surface area contributed by atoms with Crippen LogP contribution < -0.4 is 15.4 Å². The molecular weight excluding hydrogens is 366 g/mol. The van der Waals surface area contributed by atoms with Crippen molar-refractivity contribution in [3.8, 4) is 5.88 Å². The Labute approximate surface area is 164 Å². The molecule has 144 valence electrons. The van der Waals surface area contributed by atoms with E-state index in [0.29, 0.717) is 16.5 Å². The van der Waals surface area contributed by atoms with E-state index in [0.717, 1.165) is 12.0 Å². The maximum absolute atomic E-state index is 12.7. The Bertz CT molecular complexity index is 780. The van der Waals surface area contributed by atoms with Gasteiger partial charge in [0.1, 0.15) is 6.04 Å². The summed E-state index contributed by atoms with van der Waals surface area (Å²) < 4.78 is 5.20. The summed E-state index contributed by atoms with van der Waals surface area (Å²) in [7, 11) is 1.53.